The number of carboxylic acids is 1. The Morgan fingerprint density at radius 3 is 2.08 bits per heavy atom. The second-order valence-electron chi connectivity index (χ2n) is 16.3. The van der Waals surface area contributed by atoms with E-state index in [1.54, 1.807) is 98.7 Å². The number of fused-ring (bicyclic) bond motifs is 3. The smallest absolute Gasteiger partial charge is 0.329 e. The number of hydrogen-bond acceptors (Lipinski definition) is 11. The van der Waals surface area contributed by atoms with Crippen molar-refractivity contribution in [3.8, 4) is 23.3 Å². The molecule has 2 saturated heterocycles. The summed E-state index contributed by atoms with van der Waals surface area (Å²) in [6, 6.07) is 30.6. The van der Waals surface area contributed by atoms with E-state index in [1.165, 1.54) is 13.2 Å². The predicted octanol–water partition coefficient (Wildman–Crippen LogP) is 6.12. The van der Waals surface area contributed by atoms with Crippen molar-refractivity contribution in [2.75, 3.05) is 32.3 Å². The summed E-state index contributed by atoms with van der Waals surface area (Å²) in [6.07, 6.45) is -1.01. The van der Waals surface area contributed by atoms with Crippen molar-refractivity contribution in [2.45, 2.75) is 49.5 Å². The van der Waals surface area contributed by atoms with E-state index in [-0.39, 0.29) is 30.2 Å². The zero-order valence-corrected chi connectivity index (χ0v) is 36.0. The minimum atomic E-state index is -2.30. The molecule has 7 atom stereocenters. The highest BCUT2D eigenvalue weighted by atomic mass is 16.6. The van der Waals surface area contributed by atoms with Crippen LogP contribution < -0.4 is 19.7 Å². The molecule has 5 aromatic rings. The lowest BCUT2D eigenvalue weighted by Crippen LogP contribution is -2.56. The molecule has 14 nitrogen and oxygen atoms in total. The summed E-state index contributed by atoms with van der Waals surface area (Å²) in [5.41, 5.74) is 0.389. The quantitative estimate of drug-likeness (QED) is 0.102. The van der Waals surface area contributed by atoms with Crippen molar-refractivity contribution in [3.63, 3.8) is 0 Å². The van der Waals surface area contributed by atoms with Crippen LogP contribution >= 0.6 is 0 Å². The number of morpholine rings is 1. The number of nitrogens with zero attached hydrogens (tertiary/aromatic N) is 2. The Morgan fingerprint density at radius 2 is 1.45 bits per heavy atom. The average molecular weight is 878 g/mol. The lowest BCUT2D eigenvalue weighted by atomic mass is 9.65. The van der Waals surface area contributed by atoms with Crippen LogP contribution in [0.3, 0.4) is 0 Å². The molecule has 0 aliphatic carbocycles. The van der Waals surface area contributed by atoms with Gasteiger partial charge in [0.15, 0.2) is 0 Å². The number of aliphatic carboxylic acids is 1. The Bertz CT molecular complexity index is 2680. The van der Waals surface area contributed by atoms with Crippen LogP contribution in [0.4, 0.5) is 10.5 Å². The number of cyclic esters (lactones) is 1. The third kappa shape index (κ3) is 7.72. The van der Waals surface area contributed by atoms with Crippen molar-refractivity contribution in [3.05, 3.63) is 161 Å². The van der Waals surface area contributed by atoms with Gasteiger partial charge in [-0.3, -0.25) is 19.3 Å². The summed E-state index contributed by atoms with van der Waals surface area (Å²) < 4.78 is 22.9. The monoisotopic (exact) mass is 877 g/mol. The number of aliphatic hydroxyl groups excluding tert-OH is 1. The van der Waals surface area contributed by atoms with E-state index in [2.05, 4.69) is 17.2 Å². The number of methoxy groups -OCH3 is 2. The largest absolute Gasteiger partial charge is 0.497 e. The van der Waals surface area contributed by atoms with Crippen LogP contribution in [-0.2, 0) is 34.1 Å². The van der Waals surface area contributed by atoms with Gasteiger partial charge in [-0.25, -0.2) is 14.5 Å². The van der Waals surface area contributed by atoms with Crippen LogP contribution in [0.5, 0.6) is 11.5 Å². The Balaban J connectivity index is 1.45. The number of ether oxygens (including phenoxy) is 4. The molecular formula is C51H47N3O11. The molecule has 7 unspecified atom stereocenters. The van der Waals surface area contributed by atoms with Crippen molar-refractivity contribution in [1.82, 2.24) is 10.2 Å². The lowest BCUT2D eigenvalue weighted by molar-refractivity contribution is -0.179. The van der Waals surface area contributed by atoms with Gasteiger partial charge in [0.2, 0.25) is 5.91 Å². The van der Waals surface area contributed by atoms with Crippen LogP contribution in [0, 0.1) is 23.7 Å². The van der Waals surface area contributed by atoms with Crippen LogP contribution in [0.1, 0.15) is 65.4 Å². The molecule has 0 aromatic heterocycles. The number of benzene rings is 5. The van der Waals surface area contributed by atoms with Gasteiger partial charge in [0.1, 0.15) is 47.6 Å². The normalized spacial score (nSPS) is 22.6. The van der Waals surface area contributed by atoms with E-state index in [4.69, 9.17) is 18.9 Å². The minimum Gasteiger partial charge on any atom is -0.497 e. The van der Waals surface area contributed by atoms with Gasteiger partial charge in [-0.05, 0) is 71.1 Å². The molecule has 0 bridgehead atoms. The van der Waals surface area contributed by atoms with Gasteiger partial charge in [0.05, 0.1) is 38.6 Å². The maximum atomic E-state index is 16.2. The Morgan fingerprint density at radius 1 is 0.815 bits per heavy atom. The van der Waals surface area contributed by atoms with E-state index < -0.39 is 77.4 Å². The first-order valence-electron chi connectivity index (χ1n) is 21.1. The first-order chi connectivity index (χ1) is 31.5. The fourth-order valence-corrected chi connectivity index (χ4v) is 9.57. The highest BCUT2D eigenvalue weighted by molar-refractivity contribution is 6.25. The molecule has 3 aliphatic heterocycles. The van der Waals surface area contributed by atoms with E-state index in [0.29, 0.717) is 33.6 Å². The van der Waals surface area contributed by atoms with Gasteiger partial charge in [-0.15, -0.1) is 0 Å². The molecule has 0 radical (unpaired) electrons. The van der Waals surface area contributed by atoms with Crippen LogP contribution in [-0.4, -0.2) is 84.5 Å². The Kier molecular flexibility index (Phi) is 12.4. The van der Waals surface area contributed by atoms with Gasteiger partial charge >= 0.3 is 23.9 Å². The number of hydrogen-bond donors (Lipinski definition) is 3. The lowest BCUT2D eigenvalue weighted by Gasteiger charge is -2.46. The average Bonchev–Trinajstić information content (AvgIpc) is 3.78. The number of carboxylic acid groups (broad SMARTS) is 1. The number of aliphatic hydroxyl groups is 1. The molecule has 3 heterocycles. The first kappa shape index (κ1) is 44.1. The molecule has 5 aromatic carbocycles. The van der Waals surface area contributed by atoms with Crippen LogP contribution in [0.2, 0.25) is 0 Å². The highest BCUT2D eigenvalue weighted by Gasteiger charge is 2.76. The molecule has 8 rings (SSSR count). The van der Waals surface area contributed by atoms with Crippen molar-refractivity contribution in [1.29, 1.82) is 0 Å². The molecular weight excluding hydrogens is 831 g/mol. The van der Waals surface area contributed by atoms with E-state index in [0.717, 1.165) is 4.90 Å². The summed E-state index contributed by atoms with van der Waals surface area (Å²) in [4.78, 5) is 76.0. The summed E-state index contributed by atoms with van der Waals surface area (Å²) >= 11 is 0. The number of anilines is 1. The number of imide groups is 1. The fraction of sp³-hybridized carbons (Fsp3) is 0.275. The zero-order chi connectivity index (χ0) is 46.0. The predicted molar refractivity (Wildman–Crippen MR) is 237 cm³/mol. The number of urea groups is 1. The summed E-state index contributed by atoms with van der Waals surface area (Å²) in [5.74, 6) is 0.587. The molecule has 3 amide bonds. The van der Waals surface area contributed by atoms with Crippen molar-refractivity contribution < 1.29 is 53.1 Å². The minimum absolute atomic E-state index is 0.0176. The van der Waals surface area contributed by atoms with E-state index >= 15 is 4.79 Å². The maximum Gasteiger partial charge on any atom is 0.329 e. The second kappa shape index (κ2) is 18.3. The second-order valence-corrected chi connectivity index (χ2v) is 16.3. The summed E-state index contributed by atoms with van der Waals surface area (Å²) in [6.45, 7) is 2.87. The molecule has 3 N–H and O–H groups in total. The number of carbonyl (C=O) groups excluding carboxylic acids is 4. The fourth-order valence-electron chi connectivity index (χ4n) is 9.57. The molecule has 14 heteroatoms. The topological polar surface area (TPSA) is 181 Å². The molecule has 2 fully saturated rings. The van der Waals surface area contributed by atoms with Crippen molar-refractivity contribution >= 4 is 35.5 Å². The van der Waals surface area contributed by atoms with Gasteiger partial charge in [0.25, 0.3) is 0 Å². The number of rotatable bonds is 11. The maximum absolute atomic E-state index is 16.2. The van der Waals surface area contributed by atoms with E-state index in [1.807, 2.05) is 48.5 Å². The standard InChI is InChI=1S/C51H47N3O11/c1-30(2)41(47(58)63-4)52-50(61)53-38-26-23-32(20-19-31-21-24-35(62-3)25-22-31)29-37(38)51(49(53)60)40(46(56)57)43-48(59)65-44(34-15-9-6-10-16-34)42(33-13-7-5-8-14-33)54(43)45(51)36-17-11-12-18-39(36)64-28-27-55/h5-18,21-26,29-30,40-45,55H,27-28H2,1-4H3,(H,52,61)(H,56,57). The first-order valence-corrected chi connectivity index (χ1v) is 21.1. The summed E-state index contributed by atoms with van der Waals surface area (Å²) in [5, 5.41) is 24.3. The van der Waals surface area contributed by atoms with Gasteiger partial charge < -0.3 is 34.5 Å². The van der Waals surface area contributed by atoms with Gasteiger partial charge in [-0.2, -0.15) is 0 Å². The Labute approximate surface area is 375 Å². The number of esters is 2. The third-order valence-corrected chi connectivity index (χ3v) is 12.3. The SMILES string of the molecule is COC(=O)C(NC(=O)N1C(=O)C2(c3cc(C#Cc4ccc(OC)cc4)ccc31)C(C(=O)O)C1C(=O)OC(c3ccccc3)C(c3ccccc3)N1C2c1ccccc1OCCO)C(C)C. The van der Waals surface area contributed by atoms with Crippen molar-refractivity contribution in [2.24, 2.45) is 11.8 Å². The van der Waals surface area contributed by atoms with Gasteiger partial charge in [0, 0.05) is 16.7 Å². The molecule has 332 valence electrons. The number of para-hydroxylation sites is 1. The third-order valence-electron chi connectivity index (χ3n) is 12.3. The Hall–Kier alpha value is -7.47. The zero-order valence-electron chi connectivity index (χ0n) is 36.0. The molecule has 3 aliphatic rings. The van der Waals surface area contributed by atoms with Crippen LogP contribution in [0.15, 0.2) is 127 Å². The molecule has 0 saturated carbocycles. The van der Waals surface area contributed by atoms with E-state index in [9.17, 15) is 29.4 Å². The molecule has 1 spiro atoms. The molecule has 65 heavy (non-hydrogen) atoms. The van der Waals surface area contributed by atoms with Gasteiger partial charge in [-0.1, -0.05) is 105 Å². The van der Waals surface area contributed by atoms with Crippen LogP contribution in [0.25, 0.3) is 0 Å². The highest BCUT2D eigenvalue weighted by Crippen LogP contribution is 2.66. The number of amides is 3. The number of nitrogens with one attached hydrogen (secondary N) is 1. The summed E-state index contributed by atoms with van der Waals surface area (Å²) in [7, 11) is 2.74. The number of carbonyl (C=O) groups is 5.